The number of anilines is 3. The predicted octanol–water partition coefficient (Wildman–Crippen LogP) is 4.36. The van der Waals surface area contributed by atoms with Gasteiger partial charge in [-0.3, -0.25) is 4.57 Å². The van der Waals surface area contributed by atoms with Crippen molar-refractivity contribution in [2.45, 2.75) is 13.8 Å². The molecule has 0 aliphatic carbocycles. The highest BCUT2D eigenvalue weighted by molar-refractivity contribution is 5.78. The third-order valence-corrected chi connectivity index (χ3v) is 4.12. The zero-order valence-electron chi connectivity index (χ0n) is 14.2. The number of nitrogens with zero attached hydrogens (tertiary/aromatic N) is 3. The standard InChI is InChI=1S/C20H19N5/c1-13-7-9-16(10-8-13)23-19-11-15(21)12-20(24-19)25-14(2)22-17-5-3-4-6-18(17)25/h3-12H,1-2H3,(H3,21,23,24). The Labute approximate surface area is 146 Å². The Morgan fingerprint density at radius 2 is 1.68 bits per heavy atom. The first-order valence-electron chi connectivity index (χ1n) is 8.16. The smallest absolute Gasteiger partial charge is 0.143 e. The minimum Gasteiger partial charge on any atom is -0.399 e. The third-order valence-electron chi connectivity index (χ3n) is 4.12. The molecule has 0 saturated carbocycles. The van der Waals surface area contributed by atoms with Crippen molar-refractivity contribution in [2.24, 2.45) is 0 Å². The fourth-order valence-electron chi connectivity index (χ4n) is 2.94. The maximum absolute atomic E-state index is 6.12. The van der Waals surface area contributed by atoms with E-state index in [9.17, 15) is 0 Å². The van der Waals surface area contributed by atoms with Crippen LogP contribution in [0.5, 0.6) is 0 Å². The van der Waals surface area contributed by atoms with Gasteiger partial charge in [0.25, 0.3) is 0 Å². The molecule has 2 aromatic carbocycles. The molecule has 0 unspecified atom stereocenters. The molecule has 25 heavy (non-hydrogen) atoms. The zero-order chi connectivity index (χ0) is 17.4. The number of imidazole rings is 1. The van der Waals surface area contributed by atoms with E-state index in [1.807, 2.05) is 60.0 Å². The number of benzene rings is 2. The average molecular weight is 329 g/mol. The molecule has 0 saturated heterocycles. The van der Waals surface area contributed by atoms with Gasteiger partial charge < -0.3 is 11.1 Å². The van der Waals surface area contributed by atoms with E-state index in [0.29, 0.717) is 11.5 Å². The molecule has 5 nitrogen and oxygen atoms in total. The van der Waals surface area contributed by atoms with Crippen LogP contribution in [0.2, 0.25) is 0 Å². The molecule has 2 heterocycles. The lowest BCUT2D eigenvalue weighted by Crippen LogP contribution is -2.04. The van der Waals surface area contributed by atoms with Crippen molar-refractivity contribution < 1.29 is 0 Å². The number of hydrogen-bond donors (Lipinski definition) is 2. The van der Waals surface area contributed by atoms with Gasteiger partial charge in [0.15, 0.2) is 0 Å². The second-order valence-corrected chi connectivity index (χ2v) is 6.12. The van der Waals surface area contributed by atoms with Gasteiger partial charge in [0, 0.05) is 23.5 Å². The van der Waals surface area contributed by atoms with Gasteiger partial charge >= 0.3 is 0 Å². The Morgan fingerprint density at radius 1 is 0.920 bits per heavy atom. The topological polar surface area (TPSA) is 68.8 Å². The van der Waals surface area contributed by atoms with Crippen LogP contribution in [-0.2, 0) is 0 Å². The molecular weight excluding hydrogens is 310 g/mol. The second kappa shape index (κ2) is 5.94. The summed E-state index contributed by atoms with van der Waals surface area (Å²) in [5.74, 6) is 2.33. The van der Waals surface area contributed by atoms with E-state index in [2.05, 4.69) is 29.4 Å². The number of aromatic nitrogens is 3. The molecule has 2 aromatic heterocycles. The van der Waals surface area contributed by atoms with Crippen molar-refractivity contribution in [1.29, 1.82) is 0 Å². The maximum Gasteiger partial charge on any atom is 0.143 e. The monoisotopic (exact) mass is 329 g/mol. The number of nitrogens with one attached hydrogen (secondary N) is 1. The molecule has 0 bridgehead atoms. The van der Waals surface area contributed by atoms with Gasteiger partial charge in [0.1, 0.15) is 17.5 Å². The Morgan fingerprint density at radius 3 is 2.48 bits per heavy atom. The summed E-state index contributed by atoms with van der Waals surface area (Å²) in [6.07, 6.45) is 0. The van der Waals surface area contributed by atoms with E-state index in [1.165, 1.54) is 5.56 Å². The van der Waals surface area contributed by atoms with Crippen molar-refractivity contribution >= 4 is 28.2 Å². The lowest BCUT2D eigenvalue weighted by Gasteiger charge is -2.11. The molecule has 0 aliphatic rings. The number of fused-ring (bicyclic) bond motifs is 1. The fourth-order valence-corrected chi connectivity index (χ4v) is 2.94. The number of rotatable bonds is 3. The molecular formula is C20H19N5. The van der Waals surface area contributed by atoms with E-state index >= 15 is 0 Å². The normalized spacial score (nSPS) is 11.0. The number of hydrogen-bond acceptors (Lipinski definition) is 4. The fraction of sp³-hybridized carbons (Fsp3) is 0.100. The van der Waals surface area contributed by atoms with Crippen LogP contribution in [0, 0.1) is 13.8 Å². The number of para-hydroxylation sites is 2. The van der Waals surface area contributed by atoms with Crippen LogP contribution in [0.4, 0.5) is 17.2 Å². The Hall–Kier alpha value is -3.34. The summed E-state index contributed by atoms with van der Waals surface area (Å²) in [7, 11) is 0. The molecule has 0 aliphatic heterocycles. The summed E-state index contributed by atoms with van der Waals surface area (Å²) < 4.78 is 2.02. The molecule has 0 radical (unpaired) electrons. The van der Waals surface area contributed by atoms with Crippen molar-refractivity contribution in [3.8, 4) is 5.82 Å². The van der Waals surface area contributed by atoms with Gasteiger partial charge in [-0.1, -0.05) is 29.8 Å². The van der Waals surface area contributed by atoms with Crippen LogP contribution >= 0.6 is 0 Å². The molecule has 4 rings (SSSR count). The summed E-state index contributed by atoms with van der Waals surface area (Å²) in [5.41, 5.74) is 10.9. The first kappa shape index (κ1) is 15.2. The van der Waals surface area contributed by atoms with Gasteiger partial charge in [-0.25, -0.2) is 9.97 Å². The Balaban J connectivity index is 1.79. The minimum absolute atomic E-state index is 0.650. The van der Waals surface area contributed by atoms with Crippen LogP contribution in [0.1, 0.15) is 11.4 Å². The van der Waals surface area contributed by atoms with E-state index in [1.54, 1.807) is 0 Å². The summed E-state index contributed by atoms with van der Waals surface area (Å²) in [6.45, 7) is 4.03. The van der Waals surface area contributed by atoms with Crippen LogP contribution in [0.15, 0.2) is 60.7 Å². The molecule has 4 aromatic rings. The van der Waals surface area contributed by atoms with Gasteiger partial charge in [0.2, 0.25) is 0 Å². The quantitative estimate of drug-likeness (QED) is 0.586. The number of pyridine rings is 1. The third kappa shape index (κ3) is 2.92. The maximum atomic E-state index is 6.12. The van der Waals surface area contributed by atoms with Crippen molar-refractivity contribution in [3.63, 3.8) is 0 Å². The van der Waals surface area contributed by atoms with Crippen molar-refractivity contribution in [2.75, 3.05) is 11.1 Å². The van der Waals surface area contributed by atoms with Crippen LogP contribution in [0.25, 0.3) is 16.9 Å². The van der Waals surface area contributed by atoms with E-state index in [4.69, 9.17) is 10.7 Å². The first-order chi connectivity index (χ1) is 12.1. The molecule has 0 amide bonds. The largest absolute Gasteiger partial charge is 0.399 e. The first-order valence-corrected chi connectivity index (χ1v) is 8.16. The van der Waals surface area contributed by atoms with E-state index in [0.717, 1.165) is 28.4 Å². The number of aryl methyl sites for hydroxylation is 2. The molecule has 0 atom stereocenters. The summed E-state index contributed by atoms with van der Waals surface area (Å²) in [6, 6.07) is 19.9. The molecule has 0 fully saturated rings. The Kier molecular flexibility index (Phi) is 3.61. The van der Waals surface area contributed by atoms with Gasteiger partial charge in [-0.15, -0.1) is 0 Å². The SMILES string of the molecule is Cc1ccc(Nc2cc(N)cc(-n3c(C)nc4ccccc43)n2)cc1. The van der Waals surface area contributed by atoms with Crippen LogP contribution in [-0.4, -0.2) is 14.5 Å². The number of nitrogen functional groups attached to an aromatic ring is 1. The highest BCUT2D eigenvalue weighted by atomic mass is 15.2. The lowest BCUT2D eigenvalue weighted by molar-refractivity contribution is 0.959. The Bertz CT molecular complexity index is 1050. The average Bonchev–Trinajstić information content (AvgIpc) is 2.92. The minimum atomic E-state index is 0.650. The van der Waals surface area contributed by atoms with Gasteiger partial charge in [-0.2, -0.15) is 0 Å². The van der Waals surface area contributed by atoms with E-state index in [-0.39, 0.29) is 0 Å². The predicted molar refractivity (Wildman–Crippen MR) is 102 cm³/mol. The highest BCUT2D eigenvalue weighted by Gasteiger charge is 2.11. The lowest BCUT2D eigenvalue weighted by atomic mass is 10.2. The molecule has 0 spiro atoms. The zero-order valence-corrected chi connectivity index (χ0v) is 14.2. The van der Waals surface area contributed by atoms with Gasteiger partial charge in [0.05, 0.1) is 11.0 Å². The van der Waals surface area contributed by atoms with Crippen LogP contribution in [0.3, 0.4) is 0 Å². The molecule has 5 heteroatoms. The summed E-state index contributed by atoms with van der Waals surface area (Å²) >= 11 is 0. The van der Waals surface area contributed by atoms with E-state index < -0.39 is 0 Å². The van der Waals surface area contributed by atoms with Crippen molar-refractivity contribution in [1.82, 2.24) is 14.5 Å². The van der Waals surface area contributed by atoms with Gasteiger partial charge in [-0.05, 0) is 38.1 Å². The molecule has 3 N–H and O–H groups in total. The summed E-state index contributed by atoms with van der Waals surface area (Å²) in [5, 5.41) is 3.32. The number of nitrogens with two attached hydrogens (primary N) is 1. The molecule has 124 valence electrons. The van der Waals surface area contributed by atoms with Crippen LogP contribution < -0.4 is 11.1 Å². The summed E-state index contributed by atoms with van der Waals surface area (Å²) in [4.78, 5) is 9.34. The second-order valence-electron chi connectivity index (χ2n) is 6.12. The highest BCUT2D eigenvalue weighted by Crippen LogP contribution is 2.24. The van der Waals surface area contributed by atoms with Crippen molar-refractivity contribution in [3.05, 3.63) is 72.1 Å².